The first kappa shape index (κ1) is 12.5. The number of ether oxygens (including phenoxy) is 1. The average Bonchev–Trinajstić information content (AvgIpc) is 2.25. The van der Waals surface area contributed by atoms with Crippen LogP contribution in [0.2, 0.25) is 0 Å². The van der Waals surface area contributed by atoms with Gasteiger partial charge >= 0.3 is 0 Å². The SMILES string of the molecule is CCNCc1cc(C)nc(C2(OC)CCC2)n1. The van der Waals surface area contributed by atoms with E-state index in [4.69, 9.17) is 4.74 Å². The molecule has 2 rings (SSSR count). The summed E-state index contributed by atoms with van der Waals surface area (Å²) < 4.78 is 5.63. The lowest BCUT2D eigenvalue weighted by Gasteiger charge is -2.39. The van der Waals surface area contributed by atoms with Crippen LogP contribution in [-0.2, 0) is 16.9 Å². The summed E-state index contributed by atoms with van der Waals surface area (Å²) in [5.41, 5.74) is 1.86. The van der Waals surface area contributed by atoms with Crippen LogP contribution < -0.4 is 5.32 Å². The predicted octanol–water partition coefficient (Wildman–Crippen LogP) is 1.92. The number of aromatic nitrogens is 2. The lowest BCUT2D eigenvalue weighted by atomic mass is 9.79. The van der Waals surface area contributed by atoms with Crippen molar-refractivity contribution >= 4 is 0 Å². The minimum atomic E-state index is -0.215. The van der Waals surface area contributed by atoms with Crippen molar-refractivity contribution in [2.45, 2.75) is 45.3 Å². The molecule has 4 nitrogen and oxygen atoms in total. The highest BCUT2D eigenvalue weighted by molar-refractivity contribution is 5.16. The Morgan fingerprint density at radius 2 is 2.18 bits per heavy atom. The van der Waals surface area contributed by atoms with Crippen LogP contribution in [0, 0.1) is 6.92 Å². The molecule has 17 heavy (non-hydrogen) atoms. The third-order valence-electron chi connectivity index (χ3n) is 3.42. The lowest BCUT2D eigenvalue weighted by molar-refractivity contribution is -0.0849. The maximum atomic E-state index is 5.63. The van der Waals surface area contributed by atoms with E-state index >= 15 is 0 Å². The van der Waals surface area contributed by atoms with Gasteiger partial charge in [-0.05, 0) is 38.8 Å². The molecule has 0 saturated heterocycles. The quantitative estimate of drug-likeness (QED) is 0.847. The van der Waals surface area contributed by atoms with Gasteiger partial charge in [0.1, 0.15) is 5.60 Å². The minimum absolute atomic E-state index is 0.215. The molecular formula is C13H21N3O. The molecule has 94 valence electrons. The van der Waals surface area contributed by atoms with Crippen LogP contribution in [-0.4, -0.2) is 23.6 Å². The molecule has 0 radical (unpaired) electrons. The zero-order valence-electron chi connectivity index (χ0n) is 10.9. The third kappa shape index (κ3) is 2.48. The number of nitrogens with one attached hydrogen (secondary N) is 1. The molecule has 0 aromatic carbocycles. The molecule has 1 N–H and O–H groups in total. The Labute approximate surface area is 103 Å². The van der Waals surface area contributed by atoms with Crippen molar-refractivity contribution in [3.05, 3.63) is 23.3 Å². The number of nitrogens with zero attached hydrogens (tertiary/aromatic N) is 2. The van der Waals surface area contributed by atoms with Crippen molar-refractivity contribution in [1.29, 1.82) is 0 Å². The van der Waals surface area contributed by atoms with Gasteiger partial charge in [-0.25, -0.2) is 9.97 Å². The molecule has 1 aliphatic rings. The van der Waals surface area contributed by atoms with Crippen molar-refractivity contribution in [2.75, 3.05) is 13.7 Å². The third-order valence-corrected chi connectivity index (χ3v) is 3.42. The van der Waals surface area contributed by atoms with Gasteiger partial charge in [-0.2, -0.15) is 0 Å². The highest BCUT2D eigenvalue weighted by atomic mass is 16.5. The molecule has 1 aromatic heterocycles. The fourth-order valence-electron chi connectivity index (χ4n) is 2.20. The van der Waals surface area contributed by atoms with Gasteiger partial charge in [-0.3, -0.25) is 0 Å². The summed E-state index contributed by atoms with van der Waals surface area (Å²) in [7, 11) is 1.76. The number of hydrogen-bond donors (Lipinski definition) is 1. The van der Waals surface area contributed by atoms with Gasteiger partial charge in [-0.15, -0.1) is 0 Å². The van der Waals surface area contributed by atoms with Crippen LogP contribution in [0.15, 0.2) is 6.07 Å². The van der Waals surface area contributed by atoms with Crippen LogP contribution in [0.5, 0.6) is 0 Å². The molecule has 0 spiro atoms. The maximum absolute atomic E-state index is 5.63. The summed E-state index contributed by atoms with van der Waals surface area (Å²) in [6.07, 6.45) is 3.27. The van der Waals surface area contributed by atoms with Gasteiger partial charge in [0.2, 0.25) is 0 Å². The first-order valence-corrected chi connectivity index (χ1v) is 6.31. The van der Waals surface area contributed by atoms with Gasteiger partial charge in [0.15, 0.2) is 5.82 Å². The van der Waals surface area contributed by atoms with Gasteiger partial charge in [0, 0.05) is 19.3 Å². The first-order chi connectivity index (χ1) is 8.20. The van der Waals surface area contributed by atoms with Gasteiger partial charge in [-0.1, -0.05) is 6.92 Å². The van der Waals surface area contributed by atoms with Crippen molar-refractivity contribution < 1.29 is 4.74 Å². The van der Waals surface area contributed by atoms with Crippen LogP contribution in [0.1, 0.15) is 43.4 Å². The Morgan fingerprint density at radius 3 is 2.71 bits per heavy atom. The Kier molecular flexibility index (Phi) is 3.74. The van der Waals surface area contributed by atoms with E-state index in [9.17, 15) is 0 Å². The summed E-state index contributed by atoms with van der Waals surface area (Å²) in [4.78, 5) is 9.18. The fourth-order valence-corrected chi connectivity index (χ4v) is 2.20. The number of rotatable bonds is 5. The zero-order chi connectivity index (χ0) is 12.3. The van der Waals surface area contributed by atoms with Gasteiger partial charge in [0.25, 0.3) is 0 Å². The van der Waals surface area contributed by atoms with Crippen LogP contribution >= 0.6 is 0 Å². The summed E-state index contributed by atoms with van der Waals surface area (Å²) in [6.45, 7) is 5.86. The molecule has 0 aliphatic heterocycles. The minimum Gasteiger partial charge on any atom is -0.370 e. The average molecular weight is 235 g/mol. The van der Waals surface area contributed by atoms with Crippen molar-refractivity contribution in [2.24, 2.45) is 0 Å². The molecule has 0 unspecified atom stereocenters. The van der Waals surface area contributed by atoms with Crippen molar-refractivity contribution in [3.63, 3.8) is 0 Å². The Bertz CT molecular complexity index is 383. The zero-order valence-corrected chi connectivity index (χ0v) is 10.9. The molecular weight excluding hydrogens is 214 g/mol. The number of methoxy groups -OCH3 is 1. The molecule has 0 amide bonds. The van der Waals surface area contributed by atoms with E-state index in [-0.39, 0.29) is 5.60 Å². The highest BCUT2D eigenvalue weighted by Crippen LogP contribution is 2.42. The van der Waals surface area contributed by atoms with Gasteiger partial charge < -0.3 is 10.1 Å². The maximum Gasteiger partial charge on any atom is 0.160 e. The molecule has 1 fully saturated rings. The topological polar surface area (TPSA) is 47.0 Å². The monoisotopic (exact) mass is 235 g/mol. The fraction of sp³-hybridized carbons (Fsp3) is 0.692. The molecule has 0 atom stereocenters. The van der Waals surface area contributed by atoms with E-state index in [1.807, 2.05) is 13.0 Å². The summed E-state index contributed by atoms with van der Waals surface area (Å²) in [5, 5.41) is 3.29. The largest absolute Gasteiger partial charge is 0.370 e. The Morgan fingerprint density at radius 1 is 1.41 bits per heavy atom. The van der Waals surface area contributed by atoms with E-state index in [0.29, 0.717) is 0 Å². The van der Waals surface area contributed by atoms with Crippen LogP contribution in [0.25, 0.3) is 0 Å². The predicted molar refractivity (Wildman–Crippen MR) is 66.7 cm³/mol. The summed E-state index contributed by atoms with van der Waals surface area (Å²) >= 11 is 0. The number of aryl methyl sites for hydroxylation is 1. The van der Waals surface area contributed by atoms with Gasteiger partial charge in [0.05, 0.1) is 5.69 Å². The van der Waals surface area contributed by atoms with E-state index in [2.05, 4.69) is 22.2 Å². The normalized spacial score (nSPS) is 17.8. The van der Waals surface area contributed by atoms with E-state index in [1.54, 1.807) is 7.11 Å². The van der Waals surface area contributed by atoms with Crippen LogP contribution in [0.4, 0.5) is 0 Å². The molecule has 1 heterocycles. The lowest BCUT2D eigenvalue weighted by Crippen LogP contribution is -2.38. The molecule has 1 saturated carbocycles. The first-order valence-electron chi connectivity index (χ1n) is 6.31. The van der Waals surface area contributed by atoms with E-state index in [0.717, 1.165) is 43.1 Å². The second-order valence-electron chi connectivity index (χ2n) is 4.66. The van der Waals surface area contributed by atoms with Crippen molar-refractivity contribution in [3.8, 4) is 0 Å². The molecule has 1 aliphatic carbocycles. The summed E-state index contributed by atoms with van der Waals surface area (Å²) in [5.74, 6) is 0.860. The smallest absolute Gasteiger partial charge is 0.160 e. The van der Waals surface area contributed by atoms with Crippen molar-refractivity contribution in [1.82, 2.24) is 15.3 Å². The summed E-state index contributed by atoms with van der Waals surface area (Å²) in [6, 6.07) is 2.04. The molecule has 4 heteroatoms. The molecule has 0 bridgehead atoms. The van der Waals surface area contributed by atoms with Crippen LogP contribution in [0.3, 0.4) is 0 Å². The Hall–Kier alpha value is -1.00. The standard InChI is InChI=1S/C13H21N3O/c1-4-14-9-11-8-10(2)15-12(16-11)13(17-3)6-5-7-13/h8,14H,4-7,9H2,1-3H3. The van der Waals surface area contributed by atoms with E-state index in [1.165, 1.54) is 6.42 Å². The van der Waals surface area contributed by atoms with E-state index < -0.39 is 0 Å². The highest BCUT2D eigenvalue weighted by Gasteiger charge is 2.41. The molecule has 1 aromatic rings. The number of hydrogen-bond acceptors (Lipinski definition) is 4. The Balaban J connectivity index is 2.24. The second kappa shape index (κ2) is 5.10. The second-order valence-corrected chi connectivity index (χ2v) is 4.66.